The monoisotopic (exact) mass is 557 g/mol. The zero-order chi connectivity index (χ0) is 23.7. The first kappa shape index (κ1) is 26.1. The van der Waals surface area contributed by atoms with Crippen LogP contribution in [0.1, 0.15) is 45.1 Å². The van der Waals surface area contributed by atoms with Crippen LogP contribution in [-0.2, 0) is 4.79 Å². The summed E-state index contributed by atoms with van der Waals surface area (Å²) in [4.78, 5) is 22.7. The van der Waals surface area contributed by atoms with E-state index in [1.165, 1.54) is 6.20 Å². The van der Waals surface area contributed by atoms with E-state index in [4.69, 9.17) is 20.3 Å². The highest BCUT2D eigenvalue weighted by atomic mass is 127. The normalized spacial score (nSPS) is 11.1. The molecule has 0 aliphatic heterocycles. The van der Waals surface area contributed by atoms with Crippen LogP contribution in [0.4, 0.5) is 11.8 Å². The lowest BCUT2D eigenvalue weighted by atomic mass is 10.0. The number of likely N-dealkylation sites (N-methyl/N-ethyl adjacent to an activating group) is 1. The van der Waals surface area contributed by atoms with Crippen LogP contribution in [0, 0.1) is 3.57 Å². The van der Waals surface area contributed by atoms with Crippen LogP contribution in [0.25, 0.3) is 0 Å². The number of nitrogens with one attached hydrogen (secondary N) is 1. The Bertz CT molecular complexity index is 910. The summed E-state index contributed by atoms with van der Waals surface area (Å²) in [6.45, 7) is 7.95. The van der Waals surface area contributed by atoms with E-state index in [1.807, 2.05) is 24.0 Å². The number of aliphatic hydroxyl groups is 1. The average Bonchev–Trinajstić information content (AvgIpc) is 2.75. The zero-order valence-corrected chi connectivity index (χ0v) is 21.2. The number of methoxy groups -OCH3 is 1. The average molecular weight is 557 g/mol. The Morgan fingerprint density at radius 3 is 2.62 bits per heavy atom. The number of hydrogen-bond donors (Lipinski definition) is 3. The number of amides is 1. The summed E-state index contributed by atoms with van der Waals surface area (Å²) in [5.41, 5.74) is 7.06. The number of anilines is 2. The lowest BCUT2D eigenvalue weighted by Gasteiger charge is -2.19. The molecule has 0 aliphatic carbocycles. The second-order valence-electron chi connectivity index (χ2n) is 7.57. The highest BCUT2D eigenvalue weighted by Crippen LogP contribution is 2.37. The molecule has 0 spiro atoms. The molecule has 0 saturated carbocycles. The van der Waals surface area contributed by atoms with Gasteiger partial charge in [-0.3, -0.25) is 15.0 Å². The van der Waals surface area contributed by atoms with Crippen molar-refractivity contribution in [2.75, 3.05) is 44.4 Å². The molecule has 1 heterocycles. The fourth-order valence-electron chi connectivity index (χ4n) is 3.05. The quantitative estimate of drug-likeness (QED) is 0.267. The molecule has 9 nitrogen and oxygen atoms in total. The minimum Gasteiger partial charge on any atom is -0.496 e. The molecule has 2 rings (SSSR count). The largest absolute Gasteiger partial charge is 0.496 e. The molecule has 0 fully saturated rings. The minimum atomic E-state index is -0.226. The zero-order valence-electron chi connectivity index (χ0n) is 19.0. The van der Waals surface area contributed by atoms with E-state index in [1.54, 1.807) is 7.11 Å². The molecule has 10 heteroatoms. The number of benzene rings is 1. The van der Waals surface area contributed by atoms with Crippen LogP contribution in [0.15, 0.2) is 18.3 Å². The molecule has 176 valence electrons. The number of carbonyl (C=O) groups is 1. The van der Waals surface area contributed by atoms with Gasteiger partial charge in [0.05, 0.1) is 23.4 Å². The number of aromatic nitrogens is 2. The van der Waals surface area contributed by atoms with Gasteiger partial charge in [0.2, 0.25) is 11.9 Å². The molecule has 0 aliphatic rings. The maximum atomic E-state index is 12.4. The van der Waals surface area contributed by atoms with Crippen molar-refractivity contribution < 1.29 is 19.4 Å². The highest BCUT2D eigenvalue weighted by molar-refractivity contribution is 14.1. The Labute approximate surface area is 202 Å². The van der Waals surface area contributed by atoms with Crippen molar-refractivity contribution in [3.63, 3.8) is 0 Å². The fraction of sp³-hybridized carbons (Fsp3) is 0.500. The number of nitrogens with two attached hydrogens (primary N) is 1. The minimum absolute atomic E-state index is 0.125. The number of rotatable bonds is 12. The standard InChI is InChI=1S/C22H32IN5O4/c1-5-28(8-6-7-9-29)13-20(30)26-22-25-12-19(21(24)27-22)32-17-11-16(23)18(31-4)10-15(17)14(2)3/h10-12,14,29H,5-9,13H2,1-4H3,(H3,24,25,26,27,30). The molecule has 4 N–H and O–H groups in total. The number of ether oxygens (including phenoxy) is 2. The first-order valence-electron chi connectivity index (χ1n) is 10.6. The summed E-state index contributed by atoms with van der Waals surface area (Å²) in [6, 6.07) is 3.84. The fourth-order valence-corrected chi connectivity index (χ4v) is 3.71. The van der Waals surface area contributed by atoms with Gasteiger partial charge in [0, 0.05) is 12.2 Å². The Hall–Kier alpha value is -2.18. The SMILES string of the molecule is CCN(CCCCO)CC(=O)Nc1ncc(Oc2cc(I)c(OC)cc2C(C)C)c(N)n1. The van der Waals surface area contributed by atoms with Crippen molar-refractivity contribution in [2.24, 2.45) is 0 Å². The topological polar surface area (TPSA) is 123 Å². The number of hydrogen-bond acceptors (Lipinski definition) is 8. The van der Waals surface area contributed by atoms with Crippen molar-refractivity contribution in [1.29, 1.82) is 0 Å². The summed E-state index contributed by atoms with van der Waals surface area (Å²) < 4.78 is 12.3. The first-order valence-corrected chi connectivity index (χ1v) is 11.7. The van der Waals surface area contributed by atoms with Crippen molar-refractivity contribution in [2.45, 2.75) is 39.5 Å². The summed E-state index contributed by atoms with van der Waals surface area (Å²) in [5, 5.41) is 11.6. The Balaban J connectivity index is 2.09. The third kappa shape index (κ3) is 7.45. The van der Waals surface area contributed by atoms with E-state index in [0.717, 1.165) is 34.4 Å². The molecule has 0 unspecified atom stereocenters. The van der Waals surface area contributed by atoms with E-state index in [9.17, 15) is 4.79 Å². The third-order valence-corrected chi connectivity index (χ3v) is 5.70. The van der Waals surface area contributed by atoms with E-state index < -0.39 is 0 Å². The first-order chi connectivity index (χ1) is 15.3. The molecule has 1 aromatic carbocycles. The number of nitrogen functional groups attached to an aromatic ring is 1. The molecular formula is C22H32IN5O4. The maximum absolute atomic E-state index is 12.4. The molecule has 0 atom stereocenters. The summed E-state index contributed by atoms with van der Waals surface area (Å²) in [7, 11) is 1.63. The lowest BCUT2D eigenvalue weighted by molar-refractivity contribution is -0.117. The van der Waals surface area contributed by atoms with E-state index >= 15 is 0 Å². The van der Waals surface area contributed by atoms with Crippen molar-refractivity contribution in [1.82, 2.24) is 14.9 Å². The maximum Gasteiger partial charge on any atom is 0.240 e. The van der Waals surface area contributed by atoms with Crippen molar-refractivity contribution in [3.8, 4) is 17.2 Å². The number of halogens is 1. The Kier molecular flexibility index (Phi) is 10.4. The summed E-state index contributed by atoms with van der Waals surface area (Å²) in [5.74, 6) is 1.97. The van der Waals surface area contributed by atoms with Crippen LogP contribution in [-0.4, -0.2) is 59.2 Å². The van der Waals surface area contributed by atoms with Crippen molar-refractivity contribution in [3.05, 3.63) is 27.5 Å². The van der Waals surface area contributed by atoms with Crippen LogP contribution in [0.2, 0.25) is 0 Å². The smallest absolute Gasteiger partial charge is 0.240 e. The van der Waals surface area contributed by atoms with E-state index in [2.05, 4.69) is 51.7 Å². The van der Waals surface area contributed by atoms with Gasteiger partial charge in [0.25, 0.3) is 0 Å². The number of aliphatic hydroxyl groups excluding tert-OH is 1. The van der Waals surface area contributed by atoms with Crippen molar-refractivity contribution >= 4 is 40.3 Å². The van der Waals surface area contributed by atoms with Gasteiger partial charge in [0.15, 0.2) is 11.6 Å². The molecule has 32 heavy (non-hydrogen) atoms. The van der Waals surface area contributed by atoms with Crippen LogP contribution >= 0.6 is 22.6 Å². The van der Waals surface area contributed by atoms with Gasteiger partial charge < -0.3 is 20.3 Å². The summed E-state index contributed by atoms with van der Waals surface area (Å²) >= 11 is 2.19. The number of carbonyl (C=O) groups excluding carboxylic acids is 1. The highest BCUT2D eigenvalue weighted by Gasteiger charge is 2.17. The van der Waals surface area contributed by atoms with Gasteiger partial charge in [0.1, 0.15) is 11.5 Å². The molecular weight excluding hydrogens is 525 g/mol. The van der Waals surface area contributed by atoms with Gasteiger partial charge in [-0.05, 0) is 66.6 Å². The third-order valence-electron chi connectivity index (χ3n) is 4.86. The van der Waals surface area contributed by atoms with Gasteiger partial charge in [-0.25, -0.2) is 4.98 Å². The lowest BCUT2D eigenvalue weighted by Crippen LogP contribution is -2.34. The van der Waals surface area contributed by atoms with Gasteiger partial charge >= 0.3 is 0 Å². The molecule has 1 amide bonds. The second-order valence-corrected chi connectivity index (χ2v) is 8.73. The van der Waals surface area contributed by atoms with Gasteiger partial charge in [-0.15, -0.1) is 0 Å². The molecule has 2 aromatic rings. The predicted octanol–water partition coefficient (Wildman–Crippen LogP) is 3.62. The van der Waals surface area contributed by atoms with Gasteiger partial charge in [-0.2, -0.15) is 4.98 Å². The Morgan fingerprint density at radius 1 is 1.28 bits per heavy atom. The number of unbranched alkanes of at least 4 members (excludes halogenated alkanes) is 1. The summed E-state index contributed by atoms with van der Waals surface area (Å²) in [6.07, 6.45) is 3.00. The van der Waals surface area contributed by atoms with E-state index in [-0.39, 0.29) is 36.7 Å². The second kappa shape index (κ2) is 12.8. The molecule has 0 saturated heterocycles. The molecule has 1 aromatic heterocycles. The van der Waals surface area contributed by atoms with Crippen LogP contribution in [0.5, 0.6) is 17.2 Å². The van der Waals surface area contributed by atoms with E-state index in [0.29, 0.717) is 17.9 Å². The van der Waals surface area contributed by atoms with Crippen LogP contribution in [0.3, 0.4) is 0 Å². The van der Waals surface area contributed by atoms with Gasteiger partial charge in [-0.1, -0.05) is 20.8 Å². The van der Waals surface area contributed by atoms with Crippen LogP contribution < -0.4 is 20.5 Å². The molecule has 0 bridgehead atoms. The predicted molar refractivity (Wildman–Crippen MR) is 133 cm³/mol. The Morgan fingerprint density at radius 2 is 2.03 bits per heavy atom. The number of nitrogens with zero attached hydrogens (tertiary/aromatic N) is 3. The molecule has 0 radical (unpaired) electrons.